The quantitative estimate of drug-likeness (QED) is 0.837. The van der Waals surface area contributed by atoms with E-state index in [1.54, 1.807) is 0 Å². The minimum absolute atomic E-state index is 0.429. The van der Waals surface area contributed by atoms with Crippen molar-refractivity contribution in [3.8, 4) is 0 Å². The van der Waals surface area contributed by atoms with Crippen LogP contribution in [0.4, 0.5) is 0 Å². The van der Waals surface area contributed by atoms with E-state index in [1.807, 2.05) is 6.07 Å². The molecule has 0 amide bonds. The molecule has 1 N–H and O–H groups in total. The number of hydrogen-bond donors (Lipinski definition) is 1. The largest absolute Gasteiger partial charge is 0.310 e. The van der Waals surface area contributed by atoms with Crippen LogP contribution in [0.2, 0.25) is 10.0 Å². The standard InChI is InChI=1S/C13H17Cl2N/c1-8(2)7-12-9-3-4-11(14)13(15)10(9)5-6-16-12/h3-4,8,12,16H,5-7H2,1-2H3. The fourth-order valence-corrected chi connectivity index (χ4v) is 2.79. The first-order chi connectivity index (χ1) is 7.59. The van der Waals surface area contributed by atoms with Gasteiger partial charge in [0.2, 0.25) is 0 Å². The van der Waals surface area contributed by atoms with Crippen LogP contribution in [-0.2, 0) is 6.42 Å². The molecular weight excluding hydrogens is 241 g/mol. The lowest BCUT2D eigenvalue weighted by atomic mass is 9.89. The van der Waals surface area contributed by atoms with Crippen molar-refractivity contribution in [1.29, 1.82) is 0 Å². The van der Waals surface area contributed by atoms with Crippen molar-refractivity contribution < 1.29 is 0 Å². The van der Waals surface area contributed by atoms with Crippen LogP contribution in [0.25, 0.3) is 0 Å². The van der Waals surface area contributed by atoms with Gasteiger partial charge in [0.25, 0.3) is 0 Å². The van der Waals surface area contributed by atoms with E-state index in [1.165, 1.54) is 11.1 Å². The zero-order valence-electron chi connectivity index (χ0n) is 9.69. The van der Waals surface area contributed by atoms with Gasteiger partial charge in [-0.15, -0.1) is 0 Å². The Morgan fingerprint density at radius 2 is 2.12 bits per heavy atom. The third-order valence-corrected chi connectivity index (χ3v) is 3.92. The summed E-state index contributed by atoms with van der Waals surface area (Å²) < 4.78 is 0. The molecule has 16 heavy (non-hydrogen) atoms. The molecule has 1 heterocycles. The average molecular weight is 258 g/mol. The first kappa shape index (κ1) is 12.2. The molecule has 2 rings (SSSR count). The summed E-state index contributed by atoms with van der Waals surface area (Å²) in [5.41, 5.74) is 2.56. The van der Waals surface area contributed by atoms with Gasteiger partial charge in [-0.3, -0.25) is 0 Å². The molecule has 1 unspecified atom stereocenters. The highest BCUT2D eigenvalue weighted by atomic mass is 35.5. The molecule has 0 aliphatic carbocycles. The highest BCUT2D eigenvalue weighted by Crippen LogP contribution is 2.35. The van der Waals surface area contributed by atoms with E-state index in [0.717, 1.165) is 24.4 Å². The molecule has 1 aliphatic rings. The van der Waals surface area contributed by atoms with Crippen LogP contribution in [0, 0.1) is 5.92 Å². The van der Waals surface area contributed by atoms with Gasteiger partial charge in [0.1, 0.15) is 0 Å². The second-order valence-corrected chi connectivity index (χ2v) is 5.60. The summed E-state index contributed by atoms with van der Waals surface area (Å²) >= 11 is 12.3. The Hall–Kier alpha value is -0.240. The van der Waals surface area contributed by atoms with Crippen LogP contribution < -0.4 is 5.32 Å². The number of nitrogens with one attached hydrogen (secondary N) is 1. The van der Waals surface area contributed by atoms with E-state index in [9.17, 15) is 0 Å². The highest BCUT2D eigenvalue weighted by Gasteiger charge is 2.23. The van der Waals surface area contributed by atoms with Gasteiger partial charge in [0.15, 0.2) is 0 Å². The molecule has 0 saturated heterocycles. The molecule has 0 aromatic heterocycles. The maximum atomic E-state index is 6.25. The molecule has 0 spiro atoms. The van der Waals surface area contributed by atoms with Crippen LogP contribution in [0.15, 0.2) is 12.1 Å². The lowest BCUT2D eigenvalue weighted by Gasteiger charge is -2.29. The van der Waals surface area contributed by atoms with Crippen molar-refractivity contribution in [3.05, 3.63) is 33.3 Å². The fraction of sp³-hybridized carbons (Fsp3) is 0.538. The third-order valence-electron chi connectivity index (χ3n) is 3.08. The summed E-state index contributed by atoms with van der Waals surface area (Å²) in [5.74, 6) is 0.679. The molecule has 1 aliphatic heterocycles. The van der Waals surface area contributed by atoms with Gasteiger partial charge in [-0.25, -0.2) is 0 Å². The topological polar surface area (TPSA) is 12.0 Å². The summed E-state index contributed by atoms with van der Waals surface area (Å²) in [6.07, 6.45) is 2.12. The van der Waals surface area contributed by atoms with Gasteiger partial charge in [-0.1, -0.05) is 43.1 Å². The van der Waals surface area contributed by atoms with Crippen molar-refractivity contribution in [2.45, 2.75) is 32.7 Å². The predicted octanol–water partition coefficient (Wildman–Crippen LogP) is 4.23. The van der Waals surface area contributed by atoms with Crippen molar-refractivity contribution in [3.63, 3.8) is 0 Å². The van der Waals surface area contributed by atoms with Crippen LogP contribution in [-0.4, -0.2) is 6.54 Å². The minimum Gasteiger partial charge on any atom is -0.310 e. The third kappa shape index (κ3) is 2.37. The van der Waals surface area contributed by atoms with Crippen molar-refractivity contribution in [2.24, 2.45) is 5.92 Å². The van der Waals surface area contributed by atoms with Gasteiger partial charge in [-0.05, 0) is 42.5 Å². The van der Waals surface area contributed by atoms with E-state index in [4.69, 9.17) is 23.2 Å². The van der Waals surface area contributed by atoms with Crippen molar-refractivity contribution in [1.82, 2.24) is 5.32 Å². The van der Waals surface area contributed by atoms with Crippen LogP contribution in [0.5, 0.6) is 0 Å². The Morgan fingerprint density at radius 1 is 1.38 bits per heavy atom. The first-order valence-electron chi connectivity index (χ1n) is 5.79. The normalized spacial score (nSPS) is 19.9. The van der Waals surface area contributed by atoms with E-state index in [2.05, 4.69) is 25.2 Å². The van der Waals surface area contributed by atoms with E-state index in [0.29, 0.717) is 17.0 Å². The van der Waals surface area contributed by atoms with Gasteiger partial charge in [0.05, 0.1) is 10.0 Å². The van der Waals surface area contributed by atoms with Crippen LogP contribution in [0.3, 0.4) is 0 Å². The molecule has 0 radical (unpaired) electrons. The minimum atomic E-state index is 0.429. The zero-order valence-corrected chi connectivity index (χ0v) is 11.2. The summed E-state index contributed by atoms with van der Waals surface area (Å²) in [4.78, 5) is 0. The highest BCUT2D eigenvalue weighted by molar-refractivity contribution is 6.42. The monoisotopic (exact) mass is 257 g/mol. The molecule has 3 heteroatoms. The Labute approximate surface area is 107 Å². The molecule has 1 aromatic carbocycles. The molecule has 1 atom stereocenters. The van der Waals surface area contributed by atoms with E-state index < -0.39 is 0 Å². The maximum Gasteiger partial charge on any atom is 0.0628 e. The summed E-state index contributed by atoms with van der Waals surface area (Å²) in [5, 5.41) is 4.97. The Kier molecular flexibility index (Phi) is 3.78. The summed E-state index contributed by atoms with van der Waals surface area (Å²) in [6, 6.07) is 4.45. The number of fused-ring (bicyclic) bond motifs is 1. The van der Waals surface area contributed by atoms with Gasteiger partial charge >= 0.3 is 0 Å². The molecule has 1 nitrogen and oxygen atoms in total. The smallest absolute Gasteiger partial charge is 0.0628 e. The second kappa shape index (κ2) is 4.95. The molecule has 0 bridgehead atoms. The second-order valence-electron chi connectivity index (χ2n) is 4.82. The Bertz CT molecular complexity index is 388. The first-order valence-corrected chi connectivity index (χ1v) is 6.55. The fourth-order valence-electron chi connectivity index (χ4n) is 2.35. The SMILES string of the molecule is CC(C)CC1NCCc2c1ccc(Cl)c2Cl. The number of hydrogen-bond acceptors (Lipinski definition) is 1. The van der Waals surface area contributed by atoms with Gasteiger partial charge in [0, 0.05) is 6.04 Å². The van der Waals surface area contributed by atoms with Crippen LogP contribution >= 0.6 is 23.2 Å². The van der Waals surface area contributed by atoms with E-state index in [-0.39, 0.29) is 0 Å². The lowest BCUT2D eigenvalue weighted by Crippen LogP contribution is -2.30. The molecule has 0 fully saturated rings. The lowest BCUT2D eigenvalue weighted by molar-refractivity contribution is 0.414. The molecule has 0 saturated carbocycles. The molecular formula is C13H17Cl2N. The molecule has 88 valence electrons. The predicted molar refractivity (Wildman–Crippen MR) is 70.4 cm³/mol. The Morgan fingerprint density at radius 3 is 2.81 bits per heavy atom. The maximum absolute atomic E-state index is 6.25. The van der Waals surface area contributed by atoms with Crippen molar-refractivity contribution in [2.75, 3.05) is 6.54 Å². The summed E-state index contributed by atoms with van der Waals surface area (Å²) in [7, 11) is 0. The number of rotatable bonds is 2. The van der Waals surface area contributed by atoms with Crippen molar-refractivity contribution >= 4 is 23.2 Å². The number of halogens is 2. The zero-order chi connectivity index (χ0) is 11.7. The van der Waals surface area contributed by atoms with Gasteiger partial charge in [-0.2, -0.15) is 0 Å². The molecule has 1 aromatic rings. The summed E-state index contributed by atoms with van der Waals surface area (Å²) in [6.45, 7) is 5.48. The Balaban J connectivity index is 2.36. The van der Waals surface area contributed by atoms with E-state index >= 15 is 0 Å². The van der Waals surface area contributed by atoms with Gasteiger partial charge < -0.3 is 5.32 Å². The van der Waals surface area contributed by atoms with Crippen LogP contribution in [0.1, 0.15) is 37.4 Å². The average Bonchev–Trinajstić information content (AvgIpc) is 2.23. The number of benzene rings is 1.